The molecule has 0 aliphatic heterocycles. The zero-order valence-electron chi connectivity index (χ0n) is 8.31. The Morgan fingerprint density at radius 1 is 1.29 bits per heavy atom. The maximum absolute atomic E-state index is 10.6. The first-order chi connectivity index (χ1) is 6.04. The zero-order chi connectivity index (χ0) is 9.90. The molecule has 0 aromatic carbocycles. The third-order valence-corrected chi connectivity index (χ3v) is 3.61. The van der Waals surface area contributed by atoms with Gasteiger partial charge < -0.3 is 9.29 Å². The van der Waals surface area contributed by atoms with Gasteiger partial charge in [0.25, 0.3) is 0 Å². The van der Waals surface area contributed by atoms with Crippen molar-refractivity contribution in [3.8, 4) is 0 Å². The van der Waals surface area contributed by atoms with Crippen LogP contribution in [0.5, 0.6) is 0 Å². The van der Waals surface area contributed by atoms with Crippen LogP contribution in [-0.4, -0.2) is 24.3 Å². The first-order valence-corrected chi connectivity index (χ1v) is 5.72. The summed E-state index contributed by atoms with van der Waals surface area (Å²) in [5.41, 5.74) is 0. The fraction of sp³-hybridized carbons (Fsp3) is 0.750. The molecule has 1 fully saturated rings. The minimum Gasteiger partial charge on any atom is -0.748 e. The van der Waals surface area contributed by atoms with E-state index in [1.54, 1.807) is 0 Å². The average molecular weight is 212 g/mol. The SMILES string of the molecule is C=COC1CCC(S(=O)(=O)[O-])CC1.[Li+]. The molecule has 0 spiro atoms. The van der Waals surface area contributed by atoms with Crippen molar-refractivity contribution in [1.29, 1.82) is 0 Å². The van der Waals surface area contributed by atoms with Crippen molar-refractivity contribution < 1.29 is 36.6 Å². The van der Waals surface area contributed by atoms with Crippen LogP contribution >= 0.6 is 0 Å². The van der Waals surface area contributed by atoms with Crippen molar-refractivity contribution in [2.75, 3.05) is 0 Å². The van der Waals surface area contributed by atoms with Crippen molar-refractivity contribution in [1.82, 2.24) is 0 Å². The summed E-state index contributed by atoms with van der Waals surface area (Å²) < 4.78 is 37.0. The molecule has 76 valence electrons. The van der Waals surface area contributed by atoms with Gasteiger partial charge in [0.05, 0.1) is 22.5 Å². The normalized spacial score (nSPS) is 27.5. The molecule has 0 heterocycles. The van der Waals surface area contributed by atoms with Crippen LogP contribution in [0.2, 0.25) is 0 Å². The Morgan fingerprint density at radius 2 is 1.79 bits per heavy atom. The molecule has 0 atom stereocenters. The summed E-state index contributed by atoms with van der Waals surface area (Å²) in [5.74, 6) is 0. The molecule has 1 saturated carbocycles. The van der Waals surface area contributed by atoms with E-state index in [4.69, 9.17) is 4.74 Å². The fourth-order valence-corrected chi connectivity index (χ4v) is 2.44. The van der Waals surface area contributed by atoms with Crippen molar-refractivity contribution >= 4 is 10.1 Å². The summed E-state index contributed by atoms with van der Waals surface area (Å²) in [5, 5.41) is -0.711. The van der Waals surface area contributed by atoms with E-state index in [0.29, 0.717) is 25.7 Å². The van der Waals surface area contributed by atoms with Crippen molar-refractivity contribution in [3.63, 3.8) is 0 Å². The molecule has 6 heteroatoms. The number of ether oxygens (including phenoxy) is 1. The van der Waals surface area contributed by atoms with Crippen LogP contribution in [0.15, 0.2) is 12.8 Å². The van der Waals surface area contributed by atoms with Gasteiger partial charge in [-0.25, -0.2) is 8.42 Å². The van der Waals surface area contributed by atoms with Gasteiger partial charge in [-0.1, -0.05) is 6.58 Å². The van der Waals surface area contributed by atoms with Crippen molar-refractivity contribution in [2.45, 2.75) is 37.0 Å². The number of rotatable bonds is 3. The van der Waals surface area contributed by atoms with Gasteiger partial charge in [0.2, 0.25) is 0 Å². The van der Waals surface area contributed by atoms with Gasteiger partial charge in [0, 0.05) is 5.25 Å². The van der Waals surface area contributed by atoms with Gasteiger partial charge >= 0.3 is 18.9 Å². The Balaban J connectivity index is 0.00000169. The summed E-state index contributed by atoms with van der Waals surface area (Å²) in [7, 11) is -4.10. The molecule has 0 amide bonds. The van der Waals surface area contributed by atoms with E-state index in [1.807, 2.05) is 0 Å². The summed E-state index contributed by atoms with van der Waals surface area (Å²) >= 11 is 0. The van der Waals surface area contributed by atoms with Gasteiger partial charge in [-0.15, -0.1) is 0 Å². The summed E-state index contributed by atoms with van der Waals surface area (Å²) in [4.78, 5) is 0. The maximum atomic E-state index is 10.6. The third kappa shape index (κ3) is 4.05. The van der Waals surface area contributed by atoms with E-state index < -0.39 is 15.4 Å². The average Bonchev–Trinajstić information content (AvgIpc) is 2.04. The van der Waals surface area contributed by atoms with Crippen LogP contribution in [-0.2, 0) is 14.9 Å². The molecule has 0 aromatic rings. The van der Waals surface area contributed by atoms with Gasteiger partial charge in [-0.3, -0.25) is 0 Å². The van der Waals surface area contributed by atoms with Crippen LogP contribution in [0.4, 0.5) is 0 Å². The van der Waals surface area contributed by atoms with Gasteiger partial charge in [0.1, 0.15) is 0 Å². The monoisotopic (exact) mass is 212 g/mol. The second-order valence-corrected chi connectivity index (χ2v) is 4.85. The van der Waals surface area contributed by atoms with Crippen LogP contribution in [0.3, 0.4) is 0 Å². The van der Waals surface area contributed by atoms with Crippen molar-refractivity contribution in [3.05, 3.63) is 12.8 Å². The Hall–Kier alpha value is 0.0474. The largest absolute Gasteiger partial charge is 1.00 e. The quantitative estimate of drug-likeness (QED) is 0.308. The minimum absolute atomic E-state index is 0. The number of hydrogen-bond acceptors (Lipinski definition) is 4. The van der Waals surface area contributed by atoms with E-state index in [-0.39, 0.29) is 25.0 Å². The second-order valence-electron chi connectivity index (χ2n) is 3.19. The van der Waals surface area contributed by atoms with E-state index in [9.17, 15) is 13.0 Å². The third-order valence-electron chi connectivity index (χ3n) is 2.32. The molecule has 0 bridgehead atoms. The van der Waals surface area contributed by atoms with Crippen molar-refractivity contribution in [2.24, 2.45) is 0 Å². The first-order valence-electron chi connectivity index (χ1n) is 4.25. The Bertz CT molecular complexity index is 267. The summed E-state index contributed by atoms with van der Waals surface area (Å²) in [6.45, 7) is 3.42. The van der Waals surface area contributed by atoms with E-state index >= 15 is 0 Å². The molecule has 1 aliphatic rings. The molecule has 0 N–H and O–H groups in total. The molecule has 0 aromatic heterocycles. The Kier molecular flexibility index (Phi) is 5.83. The minimum atomic E-state index is -4.10. The molecule has 0 saturated heterocycles. The Morgan fingerprint density at radius 3 is 2.14 bits per heavy atom. The smallest absolute Gasteiger partial charge is 0.748 e. The number of hydrogen-bond donors (Lipinski definition) is 0. The zero-order valence-corrected chi connectivity index (χ0v) is 9.13. The molecular formula is C8H13LiO4S. The molecule has 0 unspecified atom stereocenters. The molecule has 1 aliphatic carbocycles. The molecule has 1 rings (SSSR count). The van der Waals surface area contributed by atoms with Crippen LogP contribution in [0.1, 0.15) is 25.7 Å². The second kappa shape index (κ2) is 5.81. The van der Waals surface area contributed by atoms with E-state index in [0.717, 1.165) is 0 Å². The van der Waals surface area contributed by atoms with Gasteiger partial charge in [0.15, 0.2) is 0 Å². The van der Waals surface area contributed by atoms with Gasteiger partial charge in [-0.05, 0) is 25.7 Å². The fourth-order valence-electron chi connectivity index (χ4n) is 1.59. The molecule has 0 radical (unpaired) electrons. The van der Waals surface area contributed by atoms with Crippen LogP contribution in [0.25, 0.3) is 0 Å². The topological polar surface area (TPSA) is 66.4 Å². The molecule has 14 heavy (non-hydrogen) atoms. The van der Waals surface area contributed by atoms with E-state index in [1.165, 1.54) is 6.26 Å². The van der Waals surface area contributed by atoms with Crippen LogP contribution in [0, 0.1) is 0 Å². The predicted octanol–water partition coefficient (Wildman–Crippen LogP) is -1.99. The molecule has 4 nitrogen and oxygen atoms in total. The Labute approximate surface area is 96.6 Å². The first kappa shape index (κ1) is 14.0. The maximum Gasteiger partial charge on any atom is 1.00 e. The predicted molar refractivity (Wildman–Crippen MR) is 47.0 cm³/mol. The van der Waals surface area contributed by atoms with E-state index in [2.05, 4.69) is 6.58 Å². The van der Waals surface area contributed by atoms with Gasteiger partial charge in [-0.2, -0.15) is 0 Å². The molecular weight excluding hydrogens is 199 g/mol. The standard InChI is InChI=1S/C8H14O4S.Li/c1-2-12-7-3-5-8(6-4-7)13(9,10)11;/h2,7-8H,1,3-6H2,(H,9,10,11);/q;+1/p-1. The van der Waals surface area contributed by atoms with Crippen LogP contribution < -0.4 is 18.9 Å². The summed E-state index contributed by atoms with van der Waals surface area (Å²) in [6, 6.07) is 0. The summed E-state index contributed by atoms with van der Waals surface area (Å²) in [6.07, 6.45) is 3.46.